The van der Waals surface area contributed by atoms with Gasteiger partial charge in [0.2, 0.25) is 0 Å². The molecule has 0 aliphatic heterocycles. The highest BCUT2D eigenvalue weighted by Crippen LogP contribution is 2.69. The molecular formula is C22H27FO4. The Morgan fingerprint density at radius 1 is 1.33 bits per heavy atom. The summed E-state index contributed by atoms with van der Waals surface area (Å²) in [5, 5.41) is 21.3. The lowest BCUT2D eigenvalue weighted by Gasteiger charge is -2.61. The van der Waals surface area contributed by atoms with E-state index in [1.54, 1.807) is 13.0 Å². The summed E-state index contributed by atoms with van der Waals surface area (Å²) < 4.78 is 16.8. The minimum absolute atomic E-state index is 0.0343. The maximum absolute atomic E-state index is 16.8. The first-order valence-corrected chi connectivity index (χ1v) is 9.79. The number of carbonyl (C=O) groups excluding carboxylic acids is 2. The predicted octanol–water partition coefficient (Wildman–Crippen LogP) is 3.61. The minimum atomic E-state index is -1.87. The predicted molar refractivity (Wildman–Crippen MR) is 98.6 cm³/mol. The van der Waals surface area contributed by atoms with Gasteiger partial charge < -0.3 is 10.2 Å². The molecule has 0 aromatic carbocycles. The molecule has 4 aliphatic rings. The number of carbonyl (C=O) groups is 2. The summed E-state index contributed by atoms with van der Waals surface area (Å²) in [6.45, 7) is 5.70. The number of hydrogen-bond acceptors (Lipinski definition) is 4. The second kappa shape index (κ2) is 5.63. The maximum atomic E-state index is 16.8. The molecule has 5 heteroatoms. The molecule has 0 aromatic rings. The summed E-state index contributed by atoms with van der Waals surface area (Å²) in [5.41, 5.74) is -2.06. The molecule has 4 aliphatic carbocycles. The molecule has 0 radical (unpaired) electrons. The van der Waals surface area contributed by atoms with E-state index in [1.165, 1.54) is 12.2 Å². The van der Waals surface area contributed by atoms with Crippen molar-refractivity contribution in [3.05, 3.63) is 35.1 Å². The average Bonchev–Trinajstić information content (AvgIpc) is 2.86. The van der Waals surface area contributed by atoms with Gasteiger partial charge in [-0.05, 0) is 67.6 Å². The number of ketones is 1. The van der Waals surface area contributed by atoms with Crippen molar-refractivity contribution < 1.29 is 24.2 Å². The number of alkyl halides is 1. The van der Waals surface area contributed by atoms with Crippen molar-refractivity contribution in [1.82, 2.24) is 0 Å². The van der Waals surface area contributed by atoms with Gasteiger partial charge in [-0.3, -0.25) is 9.59 Å². The van der Waals surface area contributed by atoms with Crippen LogP contribution in [-0.4, -0.2) is 34.1 Å². The zero-order valence-corrected chi connectivity index (χ0v) is 16.0. The largest absolute Gasteiger partial charge is 0.505 e. The lowest BCUT2D eigenvalue weighted by atomic mass is 9.45. The van der Waals surface area contributed by atoms with Gasteiger partial charge in [0.15, 0.2) is 23.5 Å². The van der Waals surface area contributed by atoms with Crippen LogP contribution in [-0.2, 0) is 9.59 Å². The normalized spacial score (nSPS) is 50.4. The van der Waals surface area contributed by atoms with E-state index in [1.807, 2.05) is 13.8 Å². The quantitative estimate of drug-likeness (QED) is 0.418. The summed E-state index contributed by atoms with van der Waals surface area (Å²) in [6.07, 6.45) is 5.82. The van der Waals surface area contributed by atoms with Crippen LogP contribution in [0, 0.1) is 28.6 Å². The van der Waals surface area contributed by atoms with E-state index in [-0.39, 0.29) is 29.8 Å². The van der Waals surface area contributed by atoms with E-state index in [0.29, 0.717) is 31.1 Å². The van der Waals surface area contributed by atoms with Crippen LogP contribution in [0.1, 0.15) is 46.5 Å². The van der Waals surface area contributed by atoms with Crippen LogP contribution in [0.5, 0.6) is 0 Å². The standard InChI is InChI=1S/C22H27FO4/c1-12-8-16-15-5-4-13-9-14(25)6-7-21(13,3)22(15,23)18(27)10-20(16,2)19(12)17(26)11-24/h6-7,9,11-12,15-16,18,26-27H,4-5,8,10H2,1-3H3/t12-,15+,16+,18+,20+,21+,22+/m1/s1. The number of aldehydes is 1. The fraction of sp³-hybridized carbons (Fsp3) is 0.636. The molecule has 3 saturated carbocycles. The molecule has 0 bridgehead atoms. The number of allylic oxidation sites excluding steroid dienone is 6. The number of halogens is 1. The van der Waals surface area contributed by atoms with Gasteiger partial charge in [0.05, 0.1) is 6.10 Å². The number of aliphatic hydroxyl groups is 2. The molecule has 2 N–H and O–H groups in total. The van der Waals surface area contributed by atoms with Crippen molar-refractivity contribution >= 4 is 12.1 Å². The molecule has 3 fully saturated rings. The van der Waals surface area contributed by atoms with Crippen molar-refractivity contribution in [3.8, 4) is 0 Å². The molecule has 0 saturated heterocycles. The van der Waals surface area contributed by atoms with Crippen molar-refractivity contribution in [1.29, 1.82) is 0 Å². The highest BCUT2D eigenvalue weighted by molar-refractivity contribution is 6.01. The number of hydrogen-bond donors (Lipinski definition) is 2. The lowest BCUT2D eigenvalue weighted by Crippen LogP contribution is -2.66. The molecule has 4 nitrogen and oxygen atoms in total. The van der Waals surface area contributed by atoms with E-state index >= 15 is 4.39 Å². The average molecular weight is 374 g/mol. The van der Waals surface area contributed by atoms with Crippen molar-refractivity contribution in [2.24, 2.45) is 28.6 Å². The maximum Gasteiger partial charge on any atom is 0.184 e. The van der Waals surface area contributed by atoms with Gasteiger partial charge in [-0.2, -0.15) is 0 Å². The molecule has 0 unspecified atom stereocenters. The Balaban J connectivity index is 1.85. The van der Waals surface area contributed by atoms with Crippen LogP contribution in [0.3, 0.4) is 0 Å². The summed E-state index contributed by atoms with van der Waals surface area (Å²) in [6, 6.07) is 0. The number of rotatable bonds is 1. The molecule has 7 atom stereocenters. The van der Waals surface area contributed by atoms with E-state index < -0.39 is 28.5 Å². The highest BCUT2D eigenvalue weighted by atomic mass is 19.1. The first-order valence-electron chi connectivity index (χ1n) is 9.79. The van der Waals surface area contributed by atoms with Crippen LogP contribution >= 0.6 is 0 Å². The van der Waals surface area contributed by atoms with Gasteiger partial charge in [-0.25, -0.2) is 4.39 Å². The molecular weight excluding hydrogens is 347 g/mol. The van der Waals surface area contributed by atoms with Gasteiger partial charge >= 0.3 is 0 Å². The van der Waals surface area contributed by atoms with Gasteiger partial charge in [0, 0.05) is 11.3 Å². The fourth-order valence-corrected chi connectivity index (χ4v) is 6.97. The molecule has 0 heterocycles. The van der Waals surface area contributed by atoms with Crippen molar-refractivity contribution in [2.75, 3.05) is 0 Å². The molecule has 0 spiro atoms. The first-order chi connectivity index (χ1) is 12.6. The van der Waals surface area contributed by atoms with E-state index in [2.05, 4.69) is 0 Å². The Morgan fingerprint density at radius 2 is 2.04 bits per heavy atom. The monoisotopic (exact) mass is 374 g/mol. The minimum Gasteiger partial charge on any atom is -0.505 e. The van der Waals surface area contributed by atoms with Gasteiger partial charge in [0.25, 0.3) is 0 Å². The molecule has 0 amide bonds. The molecule has 146 valence electrons. The van der Waals surface area contributed by atoms with Crippen LogP contribution in [0.2, 0.25) is 0 Å². The third-order valence-corrected chi connectivity index (χ3v) is 8.13. The Hall–Kier alpha value is -1.75. The SMILES string of the molecule is C[C@@H]1C[C@H]2[C@@H]3CCC4=CC(=O)C=C[C@]4(C)[C@@]3(F)[C@@H](O)C[C@]2(C)C1=C(O)C=O. The second-order valence-electron chi connectivity index (χ2n) is 9.32. The van der Waals surface area contributed by atoms with Gasteiger partial charge in [-0.15, -0.1) is 0 Å². The van der Waals surface area contributed by atoms with E-state index in [4.69, 9.17) is 0 Å². The summed E-state index contributed by atoms with van der Waals surface area (Å²) in [7, 11) is 0. The zero-order valence-electron chi connectivity index (χ0n) is 16.0. The zero-order chi connectivity index (χ0) is 19.8. The Morgan fingerprint density at radius 3 is 2.70 bits per heavy atom. The number of fused-ring (bicyclic) bond motifs is 5. The van der Waals surface area contributed by atoms with E-state index in [9.17, 15) is 19.8 Å². The smallest absolute Gasteiger partial charge is 0.184 e. The van der Waals surface area contributed by atoms with Gasteiger partial charge in [-0.1, -0.05) is 25.5 Å². The Kier molecular flexibility index (Phi) is 3.88. The molecule has 0 aromatic heterocycles. The number of aliphatic hydroxyl groups excluding tert-OH is 2. The Bertz CT molecular complexity index is 811. The molecule has 27 heavy (non-hydrogen) atoms. The fourth-order valence-electron chi connectivity index (χ4n) is 6.97. The second-order valence-corrected chi connectivity index (χ2v) is 9.32. The highest BCUT2D eigenvalue weighted by Gasteiger charge is 2.70. The van der Waals surface area contributed by atoms with E-state index in [0.717, 1.165) is 5.57 Å². The summed E-state index contributed by atoms with van der Waals surface area (Å²) in [5.74, 6) is -0.895. The van der Waals surface area contributed by atoms with Gasteiger partial charge in [0.1, 0.15) is 0 Å². The van der Waals surface area contributed by atoms with Crippen LogP contribution in [0.15, 0.2) is 35.1 Å². The lowest BCUT2D eigenvalue weighted by molar-refractivity contribution is -0.184. The summed E-state index contributed by atoms with van der Waals surface area (Å²) >= 11 is 0. The molecule has 4 rings (SSSR count). The third-order valence-electron chi connectivity index (χ3n) is 8.13. The third kappa shape index (κ3) is 2.12. The van der Waals surface area contributed by atoms with Crippen molar-refractivity contribution in [2.45, 2.75) is 58.2 Å². The van der Waals surface area contributed by atoms with Crippen molar-refractivity contribution in [3.63, 3.8) is 0 Å². The summed E-state index contributed by atoms with van der Waals surface area (Å²) in [4.78, 5) is 23.1. The van der Waals surface area contributed by atoms with Crippen LogP contribution in [0.4, 0.5) is 4.39 Å². The van der Waals surface area contributed by atoms with Crippen LogP contribution < -0.4 is 0 Å². The topological polar surface area (TPSA) is 74.6 Å². The Labute approximate surface area is 158 Å². The van der Waals surface area contributed by atoms with Crippen LogP contribution in [0.25, 0.3) is 0 Å². The first kappa shape index (κ1) is 18.6.